The minimum atomic E-state index is -0.0632. The molecule has 5 heteroatoms. The Morgan fingerprint density at radius 1 is 1.14 bits per heavy atom. The lowest BCUT2D eigenvalue weighted by Gasteiger charge is -2.43. The molecule has 2 aromatic rings. The molecular formula is C24H30Cl2N2O. The number of benzene rings is 2. The first-order valence-corrected chi connectivity index (χ1v) is 11.3. The van der Waals surface area contributed by atoms with Crippen molar-refractivity contribution in [3.05, 3.63) is 63.6 Å². The van der Waals surface area contributed by atoms with Gasteiger partial charge in [-0.1, -0.05) is 41.4 Å². The number of likely N-dealkylation sites (N-methyl/N-ethyl adjacent to an activating group) is 1. The van der Waals surface area contributed by atoms with Crippen LogP contribution in [-0.4, -0.2) is 48.1 Å². The molecule has 0 amide bonds. The Balaban J connectivity index is 1.63. The molecule has 3 atom stereocenters. The third kappa shape index (κ3) is 4.44. The fourth-order valence-corrected chi connectivity index (χ4v) is 5.35. The highest BCUT2D eigenvalue weighted by atomic mass is 35.5. The predicted octanol–water partition coefficient (Wildman–Crippen LogP) is 5.84. The molecule has 4 rings (SSSR count). The van der Waals surface area contributed by atoms with Gasteiger partial charge in [-0.05, 0) is 76.5 Å². The van der Waals surface area contributed by atoms with Gasteiger partial charge in [0.2, 0.25) is 0 Å². The van der Waals surface area contributed by atoms with Crippen molar-refractivity contribution in [2.24, 2.45) is 0 Å². The molecule has 0 N–H and O–H groups in total. The number of halogens is 2. The van der Waals surface area contributed by atoms with Crippen LogP contribution in [-0.2, 0) is 6.42 Å². The van der Waals surface area contributed by atoms with Gasteiger partial charge in [-0.2, -0.15) is 0 Å². The molecule has 2 aromatic carbocycles. The Morgan fingerprint density at radius 3 is 2.62 bits per heavy atom. The van der Waals surface area contributed by atoms with Gasteiger partial charge in [-0.3, -0.25) is 9.80 Å². The molecule has 1 aliphatic heterocycles. The lowest BCUT2D eigenvalue weighted by Crippen LogP contribution is -2.53. The van der Waals surface area contributed by atoms with E-state index in [2.05, 4.69) is 30.7 Å². The third-order valence-corrected chi connectivity index (χ3v) is 7.11. The number of fused-ring (bicyclic) bond motifs is 1. The second-order valence-corrected chi connectivity index (χ2v) is 9.47. The molecular weight excluding hydrogens is 403 g/mol. The maximum Gasteiger partial charge on any atom is 0.140 e. The summed E-state index contributed by atoms with van der Waals surface area (Å²) in [7, 11) is 2.25. The van der Waals surface area contributed by atoms with E-state index in [1.165, 1.54) is 18.4 Å². The number of rotatable bonds is 5. The summed E-state index contributed by atoms with van der Waals surface area (Å²) >= 11 is 13.0. The molecule has 156 valence electrons. The van der Waals surface area contributed by atoms with E-state index in [9.17, 15) is 0 Å². The summed E-state index contributed by atoms with van der Waals surface area (Å²) in [5.41, 5.74) is 2.32. The van der Waals surface area contributed by atoms with Crippen molar-refractivity contribution in [2.45, 2.75) is 57.3 Å². The lowest BCUT2D eigenvalue weighted by molar-refractivity contribution is 0.0265. The summed E-state index contributed by atoms with van der Waals surface area (Å²) in [6.45, 7) is 6.70. The van der Waals surface area contributed by atoms with Crippen molar-refractivity contribution in [1.82, 2.24) is 9.80 Å². The van der Waals surface area contributed by atoms with Crippen LogP contribution in [0.5, 0.6) is 5.75 Å². The molecule has 0 unspecified atom stereocenters. The molecule has 0 saturated carbocycles. The molecule has 0 spiro atoms. The van der Waals surface area contributed by atoms with Gasteiger partial charge in [-0.25, -0.2) is 0 Å². The standard InChI is InChI=1S/C24H30Cl2N2O/c1-16(2)27(3)18-8-7-11-28(15-18)23-14-20-21(12-17(25)13-22(20)26)24(23)29-19-9-5-4-6-10-19/h4-6,9-10,12-13,16,18,23-24H,7-8,11,14-15H2,1-3H3/t18-,23+,24+/m1/s1. The first-order chi connectivity index (χ1) is 13.9. The lowest BCUT2D eigenvalue weighted by atomic mass is 9.99. The Hall–Kier alpha value is -1.26. The number of nitrogens with zero attached hydrogens (tertiary/aromatic N) is 2. The zero-order valence-electron chi connectivity index (χ0n) is 17.4. The summed E-state index contributed by atoms with van der Waals surface area (Å²) in [6, 6.07) is 15.4. The highest BCUT2D eigenvalue weighted by molar-refractivity contribution is 6.35. The second-order valence-electron chi connectivity index (χ2n) is 8.63. The van der Waals surface area contributed by atoms with Crippen molar-refractivity contribution >= 4 is 23.2 Å². The smallest absolute Gasteiger partial charge is 0.140 e. The summed E-state index contributed by atoms with van der Waals surface area (Å²) in [4.78, 5) is 5.12. The van der Waals surface area contributed by atoms with Gasteiger partial charge in [0.05, 0.1) is 6.04 Å². The zero-order chi connectivity index (χ0) is 20.5. The normalized spacial score (nSPS) is 24.9. The van der Waals surface area contributed by atoms with E-state index in [0.717, 1.165) is 35.8 Å². The molecule has 0 bridgehead atoms. The molecule has 2 aliphatic rings. The number of ether oxygens (including phenoxy) is 1. The third-order valence-electron chi connectivity index (χ3n) is 6.56. The number of hydrogen-bond donors (Lipinski definition) is 0. The highest BCUT2D eigenvalue weighted by Crippen LogP contribution is 2.43. The molecule has 1 heterocycles. The number of para-hydroxylation sites is 1. The summed E-state index contributed by atoms with van der Waals surface area (Å²) in [6.07, 6.45) is 3.30. The Morgan fingerprint density at radius 2 is 1.90 bits per heavy atom. The van der Waals surface area contributed by atoms with Crippen molar-refractivity contribution < 1.29 is 4.74 Å². The van der Waals surface area contributed by atoms with E-state index in [1.54, 1.807) is 0 Å². The topological polar surface area (TPSA) is 15.7 Å². The Bertz CT molecular complexity index is 842. The fourth-order valence-electron chi connectivity index (χ4n) is 4.76. The van der Waals surface area contributed by atoms with E-state index in [-0.39, 0.29) is 12.1 Å². The predicted molar refractivity (Wildman–Crippen MR) is 121 cm³/mol. The van der Waals surface area contributed by atoms with Crippen molar-refractivity contribution in [3.63, 3.8) is 0 Å². The number of hydrogen-bond acceptors (Lipinski definition) is 3. The number of likely N-dealkylation sites (tertiary alicyclic amines) is 1. The van der Waals surface area contributed by atoms with Crippen LogP contribution in [0.25, 0.3) is 0 Å². The van der Waals surface area contributed by atoms with E-state index in [4.69, 9.17) is 27.9 Å². The molecule has 1 aliphatic carbocycles. The van der Waals surface area contributed by atoms with Gasteiger partial charge in [0, 0.05) is 34.2 Å². The van der Waals surface area contributed by atoms with Crippen LogP contribution in [0.1, 0.15) is 43.9 Å². The minimum absolute atomic E-state index is 0.0632. The van der Waals surface area contributed by atoms with Crippen LogP contribution >= 0.6 is 23.2 Å². The van der Waals surface area contributed by atoms with E-state index in [0.29, 0.717) is 17.1 Å². The van der Waals surface area contributed by atoms with E-state index >= 15 is 0 Å². The SMILES string of the molecule is CC(C)N(C)[C@@H]1CCCN([C@H]2Cc3c(Cl)cc(Cl)cc3[C@@H]2Oc2ccccc2)C1. The first-order valence-electron chi connectivity index (χ1n) is 10.6. The van der Waals surface area contributed by atoms with Crippen LogP contribution in [0.4, 0.5) is 0 Å². The summed E-state index contributed by atoms with van der Waals surface area (Å²) in [5, 5.41) is 1.43. The van der Waals surface area contributed by atoms with Gasteiger partial charge in [0.25, 0.3) is 0 Å². The van der Waals surface area contributed by atoms with Gasteiger partial charge in [0.1, 0.15) is 11.9 Å². The highest BCUT2D eigenvalue weighted by Gasteiger charge is 2.41. The monoisotopic (exact) mass is 432 g/mol. The van der Waals surface area contributed by atoms with Gasteiger partial charge in [0.15, 0.2) is 0 Å². The molecule has 0 aromatic heterocycles. The van der Waals surface area contributed by atoms with Crippen LogP contribution in [0.15, 0.2) is 42.5 Å². The fraction of sp³-hybridized carbons (Fsp3) is 0.500. The molecule has 1 saturated heterocycles. The Kier molecular flexibility index (Phi) is 6.41. The average Bonchev–Trinajstić information content (AvgIpc) is 3.07. The van der Waals surface area contributed by atoms with Crippen LogP contribution in [0.3, 0.4) is 0 Å². The van der Waals surface area contributed by atoms with Crippen molar-refractivity contribution in [2.75, 3.05) is 20.1 Å². The van der Waals surface area contributed by atoms with E-state index < -0.39 is 0 Å². The maximum absolute atomic E-state index is 6.60. The Labute approximate surface area is 184 Å². The average molecular weight is 433 g/mol. The molecule has 1 fully saturated rings. The minimum Gasteiger partial charge on any atom is -0.484 e. The summed E-state index contributed by atoms with van der Waals surface area (Å²) in [5.74, 6) is 0.888. The summed E-state index contributed by atoms with van der Waals surface area (Å²) < 4.78 is 6.55. The van der Waals surface area contributed by atoms with Gasteiger partial charge < -0.3 is 4.74 Å². The second kappa shape index (κ2) is 8.85. The quantitative estimate of drug-likeness (QED) is 0.589. The first kappa shape index (κ1) is 21.0. The molecule has 3 nitrogen and oxygen atoms in total. The maximum atomic E-state index is 6.60. The van der Waals surface area contributed by atoms with Crippen LogP contribution in [0.2, 0.25) is 10.0 Å². The van der Waals surface area contributed by atoms with Crippen molar-refractivity contribution in [1.29, 1.82) is 0 Å². The largest absolute Gasteiger partial charge is 0.484 e. The van der Waals surface area contributed by atoms with Crippen molar-refractivity contribution in [3.8, 4) is 5.75 Å². The molecule has 0 radical (unpaired) electrons. The van der Waals surface area contributed by atoms with Gasteiger partial charge >= 0.3 is 0 Å². The van der Waals surface area contributed by atoms with Crippen LogP contribution < -0.4 is 4.74 Å². The van der Waals surface area contributed by atoms with Crippen LogP contribution in [0, 0.1) is 0 Å². The number of piperidine rings is 1. The van der Waals surface area contributed by atoms with E-state index in [1.807, 2.05) is 42.5 Å². The molecule has 29 heavy (non-hydrogen) atoms. The zero-order valence-corrected chi connectivity index (χ0v) is 19.0. The van der Waals surface area contributed by atoms with Gasteiger partial charge in [-0.15, -0.1) is 0 Å².